The molecule has 0 radical (unpaired) electrons. The summed E-state index contributed by atoms with van der Waals surface area (Å²) in [5.74, 6) is -0.448. The molecule has 0 spiro atoms. The van der Waals surface area contributed by atoms with Gasteiger partial charge in [-0.05, 0) is 13.0 Å². The quantitative estimate of drug-likeness (QED) is 0.668. The SMILES string of the molecule is Cc1nc(/C=C/C(N)=O)cs1. The summed E-state index contributed by atoms with van der Waals surface area (Å²) in [4.78, 5) is 14.4. The smallest absolute Gasteiger partial charge is 0.241 e. The molecule has 11 heavy (non-hydrogen) atoms. The zero-order chi connectivity index (χ0) is 8.27. The van der Waals surface area contributed by atoms with Gasteiger partial charge in [-0.25, -0.2) is 4.98 Å². The first kappa shape index (κ1) is 7.94. The Hall–Kier alpha value is -1.16. The minimum absolute atomic E-state index is 0.448. The predicted molar refractivity (Wildman–Crippen MR) is 45.1 cm³/mol. The molecule has 3 nitrogen and oxygen atoms in total. The zero-order valence-electron chi connectivity index (χ0n) is 6.07. The molecule has 2 N–H and O–H groups in total. The number of carbonyl (C=O) groups is 1. The molecule has 58 valence electrons. The number of primary amides is 1. The van der Waals surface area contributed by atoms with E-state index in [1.165, 1.54) is 6.08 Å². The van der Waals surface area contributed by atoms with Crippen LogP contribution in [-0.2, 0) is 4.79 Å². The van der Waals surface area contributed by atoms with Gasteiger partial charge in [0.2, 0.25) is 5.91 Å². The van der Waals surface area contributed by atoms with Crippen molar-refractivity contribution in [1.29, 1.82) is 0 Å². The third-order valence-corrected chi connectivity index (χ3v) is 1.85. The van der Waals surface area contributed by atoms with Crippen molar-refractivity contribution in [2.24, 2.45) is 5.73 Å². The second kappa shape index (κ2) is 3.30. The number of nitrogens with zero attached hydrogens (tertiary/aromatic N) is 1. The van der Waals surface area contributed by atoms with E-state index in [0.29, 0.717) is 0 Å². The van der Waals surface area contributed by atoms with Crippen LogP contribution in [0.25, 0.3) is 6.08 Å². The molecule has 4 heteroatoms. The van der Waals surface area contributed by atoms with Gasteiger partial charge in [0.1, 0.15) is 0 Å². The summed E-state index contributed by atoms with van der Waals surface area (Å²) >= 11 is 1.54. The van der Waals surface area contributed by atoms with E-state index in [0.717, 1.165) is 10.7 Å². The molecule has 1 rings (SSSR count). The summed E-state index contributed by atoms with van der Waals surface area (Å²) in [6.07, 6.45) is 2.90. The lowest BCUT2D eigenvalue weighted by atomic mass is 10.4. The fraction of sp³-hybridized carbons (Fsp3) is 0.143. The highest BCUT2D eigenvalue weighted by Crippen LogP contribution is 2.08. The average molecular weight is 168 g/mol. The van der Waals surface area contributed by atoms with Crippen LogP contribution in [0.3, 0.4) is 0 Å². The minimum Gasteiger partial charge on any atom is -0.366 e. The van der Waals surface area contributed by atoms with Crippen molar-refractivity contribution in [3.63, 3.8) is 0 Å². The Labute approximate surface area is 68.6 Å². The Morgan fingerprint density at radius 3 is 3.00 bits per heavy atom. The first-order chi connectivity index (χ1) is 5.18. The first-order valence-corrected chi connectivity index (χ1v) is 3.96. The maximum absolute atomic E-state index is 10.3. The number of aryl methyl sites for hydroxylation is 1. The van der Waals surface area contributed by atoms with Crippen LogP contribution in [0.15, 0.2) is 11.5 Å². The molecule has 1 aromatic rings. The fourth-order valence-electron chi connectivity index (χ4n) is 0.624. The first-order valence-electron chi connectivity index (χ1n) is 3.08. The van der Waals surface area contributed by atoms with Crippen LogP contribution in [0.2, 0.25) is 0 Å². The summed E-state index contributed by atoms with van der Waals surface area (Å²) in [6, 6.07) is 0. The Morgan fingerprint density at radius 2 is 2.55 bits per heavy atom. The largest absolute Gasteiger partial charge is 0.366 e. The van der Waals surface area contributed by atoms with Crippen molar-refractivity contribution in [3.05, 3.63) is 22.2 Å². The van der Waals surface area contributed by atoms with Crippen molar-refractivity contribution in [2.45, 2.75) is 6.92 Å². The Morgan fingerprint density at radius 1 is 1.82 bits per heavy atom. The molecule has 0 aromatic carbocycles. The van der Waals surface area contributed by atoms with E-state index < -0.39 is 5.91 Å². The maximum Gasteiger partial charge on any atom is 0.241 e. The van der Waals surface area contributed by atoms with Gasteiger partial charge in [0.15, 0.2) is 0 Å². The highest BCUT2D eigenvalue weighted by atomic mass is 32.1. The van der Waals surface area contributed by atoms with Crippen molar-refractivity contribution in [1.82, 2.24) is 4.98 Å². The van der Waals surface area contributed by atoms with Crippen molar-refractivity contribution in [3.8, 4) is 0 Å². The molecule has 1 amide bonds. The van der Waals surface area contributed by atoms with Crippen LogP contribution in [0.5, 0.6) is 0 Å². The third kappa shape index (κ3) is 2.51. The number of thiazole rings is 1. The van der Waals surface area contributed by atoms with E-state index in [1.54, 1.807) is 17.4 Å². The Bertz CT molecular complexity index is 290. The molecule has 0 saturated carbocycles. The second-order valence-electron chi connectivity index (χ2n) is 2.03. The zero-order valence-corrected chi connectivity index (χ0v) is 6.89. The van der Waals surface area contributed by atoms with E-state index in [-0.39, 0.29) is 0 Å². The summed E-state index contributed by atoms with van der Waals surface area (Å²) < 4.78 is 0. The van der Waals surface area contributed by atoms with Crippen LogP contribution >= 0.6 is 11.3 Å². The molecule has 0 aliphatic heterocycles. The molecule has 0 atom stereocenters. The molecule has 0 aliphatic carbocycles. The van der Waals surface area contributed by atoms with E-state index in [9.17, 15) is 4.79 Å². The van der Waals surface area contributed by atoms with Crippen LogP contribution in [-0.4, -0.2) is 10.9 Å². The lowest BCUT2D eigenvalue weighted by Gasteiger charge is -1.80. The van der Waals surface area contributed by atoms with Gasteiger partial charge in [-0.15, -0.1) is 11.3 Å². The third-order valence-electron chi connectivity index (χ3n) is 1.06. The van der Waals surface area contributed by atoms with Crippen molar-refractivity contribution >= 4 is 23.3 Å². The van der Waals surface area contributed by atoms with Crippen molar-refractivity contribution < 1.29 is 4.79 Å². The lowest BCUT2D eigenvalue weighted by Crippen LogP contribution is -2.05. The molecule has 0 bridgehead atoms. The monoisotopic (exact) mass is 168 g/mol. The summed E-state index contributed by atoms with van der Waals surface area (Å²) in [6.45, 7) is 1.91. The Balaban J connectivity index is 2.71. The number of hydrogen-bond donors (Lipinski definition) is 1. The number of aromatic nitrogens is 1. The van der Waals surface area contributed by atoms with Crippen LogP contribution in [0.4, 0.5) is 0 Å². The van der Waals surface area contributed by atoms with Gasteiger partial charge in [-0.3, -0.25) is 4.79 Å². The number of hydrogen-bond acceptors (Lipinski definition) is 3. The summed E-state index contributed by atoms with van der Waals surface area (Å²) in [5.41, 5.74) is 5.68. The van der Waals surface area contributed by atoms with Crippen LogP contribution in [0, 0.1) is 6.92 Å². The highest BCUT2D eigenvalue weighted by Gasteiger charge is 1.92. The van der Waals surface area contributed by atoms with Gasteiger partial charge in [-0.2, -0.15) is 0 Å². The van der Waals surface area contributed by atoms with Crippen LogP contribution < -0.4 is 5.73 Å². The molecular formula is C7H8N2OS. The average Bonchev–Trinajstić information content (AvgIpc) is 2.31. The normalized spacial score (nSPS) is 10.6. The molecular weight excluding hydrogens is 160 g/mol. The van der Waals surface area contributed by atoms with Gasteiger partial charge >= 0.3 is 0 Å². The maximum atomic E-state index is 10.3. The lowest BCUT2D eigenvalue weighted by molar-refractivity contribution is -0.113. The van der Waals surface area contributed by atoms with E-state index in [2.05, 4.69) is 4.98 Å². The van der Waals surface area contributed by atoms with E-state index in [4.69, 9.17) is 5.73 Å². The molecule has 0 fully saturated rings. The fourth-order valence-corrected chi connectivity index (χ4v) is 1.20. The number of nitrogens with two attached hydrogens (primary N) is 1. The van der Waals surface area contributed by atoms with E-state index >= 15 is 0 Å². The molecule has 1 aromatic heterocycles. The van der Waals surface area contributed by atoms with Gasteiger partial charge < -0.3 is 5.73 Å². The van der Waals surface area contributed by atoms with Gasteiger partial charge in [0, 0.05) is 11.5 Å². The summed E-state index contributed by atoms with van der Waals surface area (Å²) in [5, 5.41) is 2.85. The standard InChI is InChI=1S/C7H8N2OS/c1-5-9-6(4-11-5)2-3-7(8)10/h2-4H,1H3,(H2,8,10)/b3-2+. The van der Waals surface area contributed by atoms with Gasteiger partial charge in [0.05, 0.1) is 10.7 Å². The number of carbonyl (C=O) groups excluding carboxylic acids is 1. The van der Waals surface area contributed by atoms with Crippen LogP contribution in [0.1, 0.15) is 10.7 Å². The molecule has 0 aliphatic rings. The van der Waals surface area contributed by atoms with Gasteiger partial charge in [-0.1, -0.05) is 0 Å². The number of amides is 1. The number of rotatable bonds is 2. The van der Waals surface area contributed by atoms with Crippen molar-refractivity contribution in [2.75, 3.05) is 0 Å². The minimum atomic E-state index is -0.448. The Kier molecular flexibility index (Phi) is 2.38. The van der Waals surface area contributed by atoms with Gasteiger partial charge in [0.25, 0.3) is 0 Å². The molecule has 0 saturated heterocycles. The molecule has 0 unspecified atom stereocenters. The predicted octanol–water partition coefficient (Wildman–Crippen LogP) is 0.950. The summed E-state index contributed by atoms with van der Waals surface area (Å²) in [7, 11) is 0. The second-order valence-corrected chi connectivity index (χ2v) is 3.09. The highest BCUT2D eigenvalue weighted by molar-refractivity contribution is 7.09. The molecule has 1 heterocycles. The van der Waals surface area contributed by atoms with E-state index in [1.807, 2.05) is 12.3 Å². The topological polar surface area (TPSA) is 56.0 Å².